The predicted molar refractivity (Wildman–Crippen MR) is 79.0 cm³/mol. The van der Waals surface area contributed by atoms with E-state index in [9.17, 15) is 4.79 Å². The van der Waals surface area contributed by atoms with Gasteiger partial charge in [-0.1, -0.05) is 23.7 Å². The molecule has 1 aromatic carbocycles. The second-order valence-corrected chi connectivity index (χ2v) is 5.06. The molecule has 3 rings (SSSR count). The Hall–Kier alpha value is -2.27. The van der Waals surface area contributed by atoms with E-state index in [0.29, 0.717) is 17.2 Å². The number of para-hydroxylation sites is 2. The maximum atomic E-state index is 12.2. The van der Waals surface area contributed by atoms with Gasteiger partial charge in [0.25, 0.3) is 5.91 Å². The average Bonchev–Trinajstić information content (AvgIpc) is 2.50. The maximum absolute atomic E-state index is 12.2. The van der Waals surface area contributed by atoms with Crippen molar-refractivity contribution in [1.82, 2.24) is 4.98 Å². The molecule has 1 aromatic heterocycles. The van der Waals surface area contributed by atoms with Crippen LogP contribution in [0.25, 0.3) is 0 Å². The number of aromatic nitrogens is 1. The average molecular weight is 305 g/mol. The number of rotatable bonds is 2. The minimum Gasteiger partial charge on any atom is -0.485 e. The fourth-order valence-corrected chi connectivity index (χ4v) is 2.15. The van der Waals surface area contributed by atoms with Crippen molar-refractivity contribution in [2.24, 2.45) is 0 Å². The van der Waals surface area contributed by atoms with Gasteiger partial charge in [-0.25, -0.2) is 4.98 Å². The summed E-state index contributed by atoms with van der Waals surface area (Å²) < 4.78 is 11.1. The molecule has 0 aliphatic carbocycles. The highest BCUT2D eigenvalue weighted by atomic mass is 35.5. The zero-order valence-corrected chi connectivity index (χ0v) is 12.1. The lowest BCUT2D eigenvalue weighted by Crippen LogP contribution is -2.40. The Morgan fingerprint density at radius 2 is 2.14 bits per heavy atom. The fraction of sp³-hybridized carbons (Fsp3) is 0.200. The Bertz CT molecular complexity index is 690. The topological polar surface area (TPSA) is 60.5 Å². The lowest BCUT2D eigenvalue weighted by molar-refractivity contribution is -0.125. The number of anilines is 1. The van der Waals surface area contributed by atoms with E-state index in [1.165, 1.54) is 0 Å². The van der Waals surface area contributed by atoms with Gasteiger partial charge in [-0.15, -0.1) is 0 Å². The standard InChI is InChI=1S/C15H13ClN2O3/c1-9-6-10(14(16)17-7-9)18-15(19)13-8-20-11-4-2-3-5-12(11)21-13/h2-7,13H,8H2,1H3,(H,18,19). The summed E-state index contributed by atoms with van der Waals surface area (Å²) in [7, 11) is 0. The van der Waals surface area contributed by atoms with Crippen molar-refractivity contribution in [3.8, 4) is 11.5 Å². The van der Waals surface area contributed by atoms with Crippen LogP contribution in [-0.2, 0) is 4.79 Å². The fourth-order valence-electron chi connectivity index (χ4n) is 2.00. The third-order valence-electron chi connectivity index (χ3n) is 3.03. The van der Waals surface area contributed by atoms with E-state index < -0.39 is 6.10 Å². The molecule has 1 unspecified atom stereocenters. The van der Waals surface area contributed by atoms with E-state index >= 15 is 0 Å². The van der Waals surface area contributed by atoms with E-state index in [-0.39, 0.29) is 17.7 Å². The second-order valence-electron chi connectivity index (χ2n) is 4.70. The Morgan fingerprint density at radius 1 is 1.38 bits per heavy atom. The molecule has 0 saturated carbocycles. The first-order chi connectivity index (χ1) is 10.1. The predicted octanol–water partition coefficient (Wildman–Crippen LogP) is 2.82. The van der Waals surface area contributed by atoms with Gasteiger partial charge in [-0.05, 0) is 30.7 Å². The van der Waals surface area contributed by atoms with Crippen LogP contribution in [0.3, 0.4) is 0 Å². The molecular formula is C15H13ClN2O3. The first-order valence-electron chi connectivity index (χ1n) is 6.45. The van der Waals surface area contributed by atoms with Crippen LogP contribution in [-0.4, -0.2) is 23.6 Å². The summed E-state index contributed by atoms with van der Waals surface area (Å²) >= 11 is 5.96. The van der Waals surface area contributed by atoms with E-state index in [2.05, 4.69) is 10.3 Å². The first kappa shape index (κ1) is 13.7. The molecule has 1 amide bonds. The van der Waals surface area contributed by atoms with Crippen molar-refractivity contribution in [3.63, 3.8) is 0 Å². The summed E-state index contributed by atoms with van der Waals surface area (Å²) in [4.78, 5) is 16.2. The molecule has 0 spiro atoms. The molecule has 1 atom stereocenters. The number of carbonyl (C=O) groups is 1. The highest BCUT2D eigenvalue weighted by Gasteiger charge is 2.27. The molecule has 0 radical (unpaired) electrons. The molecule has 1 aliphatic rings. The summed E-state index contributed by atoms with van der Waals surface area (Å²) in [5.41, 5.74) is 1.37. The van der Waals surface area contributed by atoms with Crippen LogP contribution in [0.15, 0.2) is 36.5 Å². The van der Waals surface area contributed by atoms with E-state index in [1.54, 1.807) is 24.4 Å². The maximum Gasteiger partial charge on any atom is 0.269 e. The summed E-state index contributed by atoms with van der Waals surface area (Å²) in [5.74, 6) is 0.868. The first-order valence-corrected chi connectivity index (χ1v) is 6.83. The minimum atomic E-state index is -0.725. The van der Waals surface area contributed by atoms with Crippen molar-refractivity contribution in [3.05, 3.63) is 47.2 Å². The largest absolute Gasteiger partial charge is 0.485 e. The molecule has 5 nitrogen and oxygen atoms in total. The normalized spacial score (nSPS) is 16.4. The number of ether oxygens (including phenoxy) is 2. The third-order valence-corrected chi connectivity index (χ3v) is 3.34. The number of fused-ring (bicyclic) bond motifs is 1. The van der Waals surface area contributed by atoms with Gasteiger partial charge in [0.2, 0.25) is 6.10 Å². The molecule has 108 valence electrons. The van der Waals surface area contributed by atoms with Crippen molar-refractivity contribution < 1.29 is 14.3 Å². The number of pyridine rings is 1. The molecule has 0 fully saturated rings. The second kappa shape index (κ2) is 5.61. The quantitative estimate of drug-likeness (QED) is 0.867. The van der Waals surface area contributed by atoms with Gasteiger partial charge in [-0.2, -0.15) is 0 Å². The lowest BCUT2D eigenvalue weighted by atomic mass is 10.2. The zero-order chi connectivity index (χ0) is 14.8. The number of hydrogen-bond acceptors (Lipinski definition) is 4. The Morgan fingerprint density at radius 3 is 2.95 bits per heavy atom. The van der Waals surface area contributed by atoms with Crippen LogP contribution in [0.1, 0.15) is 5.56 Å². The van der Waals surface area contributed by atoms with Gasteiger partial charge in [0.05, 0.1) is 5.69 Å². The summed E-state index contributed by atoms with van der Waals surface area (Å²) in [6.07, 6.45) is 0.908. The van der Waals surface area contributed by atoms with Crippen molar-refractivity contribution in [2.75, 3.05) is 11.9 Å². The number of nitrogens with one attached hydrogen (secondary N) is 1. The van der Waals surface area contributed by atoms with Gasteiger partial charge in [0.1, 0.15) is 6.61 Å². The number of nitrogens with zero attached hydrogens (tertiary/aromatic N) is 1. The monoisotopic (exact) mass is 304 g/mol. The smallest absolute Gasteiger partial charge is 0.269 e. The number of hydrogen-bond donors (Lipinski definition) is 1. The van der Waals surface area contributed by atoms with Crippen LogP contribution >= 0.6 is 11.6 Å². The number of carbonyl (C=O) groups excluding carboxylic acids is 1. The van der Waals surface area contributed by atoms with Crippen LogP contribution in [0.2, 0.25) is 5.15 Å². The van der Waals surface area contributed by atoms with E-state index in [0.717, 1.165) is 5.56 Å². The molecule has 0 saturated heterocycles. The Labute approximate surface area is 126 Å². The number of aryl methyl sites for hydroxylation is 1. The minimum absolute atomic E-state index is 0.152. The van der Waals surface area contributed by atoms with Gasteiger partial charge in [0, 0.05) is 6.20 Å². The number of amides is 1. The van der Waals surface area contributed by atoms with Crippen LogP contribution in [0, 0.1) is 6.92 Å². The van der Waals surface area contributed by atoms with Crippen molar-refractivity contribution >= 4 is 23.2 Å². The highest BCUT2D eigenvalue weighted by Crippen LogP contribution is 2.31. The lowest BCUT2D eigenvalue weighted by Gasteiger charge is -2.25. The van der Waals surface area contributed by atoms with Gasteiger partial charge in [-0.3, -0.25) is 4.79 Å². The molecule has 0 bridgehead atoms. The summed E-state index contributed by atoms with van der Waals surface area (Å²) in [6.45, 7) is 2.02. The molecule has 1 N–H and O–H groups in total. The Kier molecular flexibility index (Phi) is 3.66. The third kappa shape index (κ3) is 2.92. The van der Waals surface area contributed by atoms with Crippen molar-refractivity contribution in [2.45, 2.75) is 13.0 Å². The number of benzene rings is 1. The van der Waals surface area contributed by atoms with Crippen molar-refractivity contribution in [1.29, 1.82) is 0 Å². The van der Waals surface area contributed by atoms with E-state index in [1.807, 2.05) is 19.1 Å². The number of halogens is 1. The molecule has 1 aliphatic heterocycles. The summed E-state index contributed by atoms with van der Waals surface area (Å²) in [6, 6.07) is 8.98. The van der Waals surface area contributed by atoms with Crippen LogP contribution in [0.4, 0.5) is 5.69 Å². The van der Waals surface area contributed by atoms with Crippen LogP contribution < -0.4 is 14.8 Å². The highest BCUT2D eigenvalue weighted by molar-refractivity contribution is 6.32. The van der Waals surface area contributed by atoms with E-state index in [4.69, 9.17) is 21.1 Å². The van der Waals surface area contributed by atoms with Gasteiger partial charge < -0.3 is 14.8 Å². The molecular weight excluding hydrogens is 292 g/mol. The summed E-state index contributed by atoms with van der Waals surface area (Å²) in [5, 5.41) is 2.95. The molecule has 2 heterocycles. The Balaban J connectivity index is 1.74. The SMILES string of the molecule is Cc1cnc(Cl)c(NC(=O)C2COc3ccccc3O2)c1. The van der Waals surface area contributed by atoms with Gasteiger partial charge in [0.15, 0.2) is 16.7 Å². The van der Waals surface area contributed by atoms with Crippen LogP contribution in [0.5, 0.6) is 11.5 Å². The molecule has 6 heteroatoms. The van der Waals surface area contributed by atoms with Gasteiger partial charge >= 0.3 is 0 Å². The molecule has 2 aromatic rings. The molecule has 21 heavy (non-hydrogen) atoms. The zero-order valence-electron chi connectivity index (χ0n) is 11.3.